The number of hydrogen-bond donors (Lipinski definition) is 2. The number of hydrogen-bond acceptors (Lipinski definition) is 3. The van der Waals surface area contributed by atoms with Crippen LogP contribution in [0.4, 0.5) is 16.2 Å². The van der Waals surface area contributed by atoms with Crippen molar-refractivity contribution in [2.24, 2.45) is 7.05 Å². The van der Waals surface area contributed by atoms with Gasteiger partial charge in [-0.25, -0.2) is 9.48 Å². The highest BCUT2D eigenvalue weighted by atomic mass is 16.2. The molecule has 6 nitrogen and oxygen atoms in total. The number of anilines is 2. The average molecular weight is 317 g/mol. The van der Waals surface area contributed by atoms with Gasteiger partial charge in [0, 0.05) is 18.4 Å². The highest BCUT2D eigenvalue weighted by molar-refractivity contribution is 6.02. The Morgan fingerprint density at radius 1 is 0.917 bits per heavy atom. The number of fused-ring (bicyclic) bond motifs is 2. The van der Waals surface area contributed by atoms with E-state index in [0.717, 1.165) is 27.5 Å². The van der Waals surface area contributed by atoms with Crippen molar-refractivity contribution in [3.8, 4) is 0 Å². The lowest BCUT2D eigenvalue weighted by Gasteiger charge is -2.08. The molecule has 1 heterocycles. The maximum Gasteiger partial charge on any atom is 0.323 e. The van der Waals surface area contributed by atoms with Crippen molar-refractivity contribution in [1.29, 1.82) is 0 Å². The Morgan fingerprint density at radius 2 is 1.62 bits per heavy atom. The number of carbonyl (C=O) groups excluding carboxylic acids is 1. The van der Waals surface area contributed by atoms with E-state index in [1.165, 1.54) is 0 Å². The number of aromatic nitrogens is 3. The molecular weight excluding hydrogens is 302 g/mol. The first-order valence-corrected chi connectivity index (χ1v) is 7.55. The van der Waals surface area contributed by atoms with Gasteiger partial charge < -0.3 is 10.6 Å². The Bertz CT molecular complexity index is 1050. The van der Waals surface area contributed by atoms with Gasteiger partial charge in [-0.1, -0.05) is 35.5 Å². The molecule has 0 fully saturated rings. The monoisotopic (exact) mass is 317 g/mol. The predicted octanol–water partition coefficient (Wildman–Crippen LogP) is 3.77. The van der Waals surface area contributed by atoms with Crippen molar-refractivity contribution in [3.63, 3.8) is 0 Å². The van der Waals surface area contributed by atoms with Crippen molar-refractivity contribution in [2.45, 2.75) is 0 Å². The van der Waals surface area contributed by atoms with E-state index in [2.05, 4.69) is 20.9 Å². The number of urea groups is 1. The summed E-state index contributed by atoms with van der Waals surface area (Å²) in [4.78, 5) is 12.2. The maximum absolute atomic E-state index is 12.2. The van der Waals surface area contributed by atoms with Gasteiger partial charge in [0.15, 0.2) is 0 Å². The van der Waals surface area contributed by atoms with Crippen molar-refractivity contribution in [2.75, 3.05) is 10.6 Å². The van der Waals surface area contributed by atoms with Crippen LogP contribution in [-0.4, -0.2) is 21.0 Å². The van der Waals surface area contributed by atoms with Crippen molar-refractivity contribution < 1.29 is 4.79 Å². The summed E-state index contributed by atoms with van der Waals surface area (Å²) in [5.74, 6) is 0. The number of carbonyl (C=O) groups is 1. The standard InChI is InChI=1S/C18H15N5O/c1-23-17-9-8-15(11-16(17)21-22-23)20-18(24)19-14-7-6-12-4-2-3-5-13(12)10-14/h2-11H,1H3,(H2,19,20,24). The van der Waals surface area contributed by atoms with E-state index >= 15 is 0 Å². The van der Waals surface area contributed by atoms with Crippen molar-refractivity contribution in [3.05, 3.63) is 60.7 Å². The van der Waals surface area contributed by atoms with Gasteiger partial charge >= 0.3 is 6.03 Å². The third kappa shape index (κ3) is 2.65. The van der Waals surface area contributed by atoms with Crippen LogP contribution >= 0.6 is 0 Å². The fraction of sp³-hybridized carbons (Fsp3) is 0.0556. The molecule has 0 unspecified atom stereocenters. The topological polar surface area (TPSA) is 71.8 Å². The first-order chi connectivity index (χ1) is 11.7. The molecule has 0 aliphatic carbocycles. The van der Waals surface area contributed by atoms with E-state index in [1.807, 2.05) is 61.6 Å². The van der Waals surface area contributed by atoms with Gasteiger partial charge in [-0.2, -0.15) is 0 Å². The van der Waals surface area contributed by atoms with Crippen LogP contribution in [0.15, 0.2) is 60.7 Å². The van der Waals surface area contributed by atoms with Crippen LogP contribution in [0.5, 0.6) is 0 Å². The van der Waals surface area contributed by atoms with Crippen molar-refractivity contribution in [1.82, 2.24) is 15.0 Å². The zero-order valence-corrected chi connectivity index (χ0v) is 13.0. The van der Waals surface area contributed by atoms with E-state index in [1.54, 1.807) is 10.7 Å². The van der Waals surface area contributed by atoms with Crippen LogP contribution in [0.3, 0.4) is 0 Å². The third-order valence-corrected chi connectivity index (χ3v) is 3.88. The van der Waals surface area contributed by atoms with Gasteiger partial charge in [-0.3, -0.25) is 0 Å². The Labute approximate surface area is 138 Å². The van der Waals surface area contributed by atoms with Gasteiger partial charge in [0.2, 0.25) is 0 Å². The molecule has 3 aromatic carbocycles. The third-order valence-electron chi connectivity index (χ3n) is 3.88. The van der Waals surface area contributed by atoms with Gasteiger partial charge in [-0.15, -0.1) is 5.10 Å². The lowest BCUT2D eigenvalue weighted by atomic mass is 10.1. The Morgan fingerprint density at radius 3 is 2.46 bits per heavy atom. The summed E-state index contributed by atoms with van der Waals surface area (Å²) in [7, 11) is 1.83. The highest BCUT2D eigenvalue weighted by Gasteiger charge is 2.06. The highest BCUT2D eigenvalue weighted by Crippen LogP contribution is 2.20. The SMILES string of the molecule is Cn1nnc2cc(NC(=O)Nc3ccc4ccccc4c3)ccc21. The minimum atomic E-state index is -0.298. The van der Waals surface area contributed by atoms with E-state index < -0.39 is 0 Å². The van der Waals surface area contributed by atoms with Crippen LogP contribution in [0.1, 0.15) is 0 Å². The number of amides is 2. The fourth-order valence-electron chi connectivity index (χ4n) is 2.68. The Balaban J connectivity index is 1.52. The molecule has 118 valence electrons. The summed E-state index contributed by atoms with van der Waals surface area (Å²) in [6.07, 6.45) is 0. The smallest absolute Gasteiger partial charge is 0.308 e. The second-order valence-corrected chi connectivity index (χ2v) is 5.56. The van der Waals surface area contributed by atoms with Crippen LogP contribution in [0, 0.1) is 0 Å². The molecule has 0 aliphatic rings. The molecule has 4 rings (SSSR count). The van der Waals surface area contributed by atoms with Crippen LogP contribution in [0.2, 0.25) is 0 Å². The first kappa shape index (κ1) is 14.2. The van der Waals surface area contributed by atoms with Crippen LogP contribution < -0.4 is 10.6 Å². The molecule has 2 N–H and O–H groups in total. The molecule has 6 heteroatoms. The van der Waals surface area contributed by atoms with Gasteiger partial charge in [0.25, 0.3) is 0 Å². The zero-order chi connectivity index (χ0) is 16.5. The summed E-state index contributed by atoms with van der Waals surface area (Å²) in [5.41, 5.74) is 3.06. The summed E-state index contributed by atoms with van der Waals surface area (Å²) in [6, 6.07) is 19.0. The van der Waals surface area contributed by atoms with Gasteiger partial charge in [0.05, 0.1) is 5.52 Å². The van der Waals surface area contributed by atoms with E-state index in [9.17, 15) is 4.79 Å². The van der Waals surface area contributed by atoms with E-state index in [0.29, 0.717) is 5.69 Å². The average Bonchev–Trinajstić information content (AvgIpc) is 2.95. The number of benzene rings is 3. The summed E-state index contributed by atoms with van der Waals surface area (Å²) < 4.78 is 1.69. The molecule has 1 aromatic heterocycles. The lowest BCUT2D eigenvalue weighted by Crippen LogP contribution is -2.19. The van der Waals surface area contributed by atoms with E-state index in [-0.39, 0.29) is 6.03 Å². The van der Waals surface area contributed by atoms with Crippen molar-refractivity contribution >= 4 is 39.2 Å². The molecular formula is C18H15N5O. The van der Waals surface area contributed by atoms with Crippen LogP contribution in [0.25, 0.3) is 21.8 Å². The zero-order valence-electron chi connectivity index (χ0n) is 13.0. The summed E-state index contributed by atoms with van der Waals surface area (Å²) in [5, 5.41) is 15.9. The normalized spacial score (nSPS) is 10.9. The Hall–Kier alpha value is -3.41. The van der Waals surface area contributed by atoms with E-state index in [4.69, 9.17) is 0 Å². The first-order valence-electron chi connectivity index (χ1n) is 7.55. The molecule has 0 saturated carbocycles. The summed E-state index contributed by atoms with van der Waals surface area (Å²) >= 11 is 0. The van der Waals surface area contributed by atoms with Gasteiger partial charge in [0.1, 0.15) is 5.52 Å². The number of nitrogens with one attached hydrogen (secondary N) is 2. The molecule has 0 radical (unpaired) electrons. The molecule has 0 spiro atoms. The van der Waals surface area contributed by atoms with Gasteiger partial charge in [-0.05, 0) is 41.1 Å². The molecule has 0 atom stereocenters. The Kier molecular flexibility index (Phi) is 3.35. The van der Waals surface area contributed by atoms with Crippen LogP contribution in [-0.2, 0) is 7.05 Å². The second-order valence-electron chi connectivity index (χ2n) is 5.56. The summed E-state index contributed by atoms with van der Waals surface area (Å²) in [6.45, 7) is 0. The maximum atomic E-state index is 12.2. The largest absolute Gasteiger partial charge is 0.323 e. The number of nitrogens with zero attached hydrogens (tertiary/aromatic N) is 3. The molecule has 0 aliphatic heterocycles. The molecule has 24 heavy (non-hydrogen) atoms. The second kappa shape index (κ2) is 5.66. The predicted molar refractivity (Wildman–Crippen MR) is 95.1 cm³/mol. The molecule has 4 aromatic rings. The molecule has 2 amide bonds. The fourth-order valence-corrected chi connectivity index (χ4v) is 2.68. The molecule has 0 bridgehead atoms. The lowest BCUT2D eigenvalue weighted by molar-refractivity contribution is 0.262. The quantitative estimate of drug-likeness (QED) is 0.591. The minimum Gasteiger partial charge on any atom is -0.308 e. The molecule has 0 saturated heterocycles. The minimum absolute atomic E-state index is 0.298. The number of rotatable bonds is 2. The number of aryl methyl sites for hydroxylation is 1.